The van der Waals surface area contributed by atoms with Crippen LogP contribution in [0.25, 0.3) is 0 Å². The highest BCUT2D eigenvalue weighted by atomic mass is 32.1. The van der Waals surface area contributed by atoms with Gasteiger partial charge in [-0.25, -0.2) is 4.79 Å². The predicted molar refractivity (Wildman–Crippen MR) is 103 cm³/mol. The summed E-state index contributed by atoms with van der Waals surface area (Å²) in [5, 5.41) is 6.24. The number of alkyl carbamates (subject to hydrolysis) is 1. The smallest absolute Gasteiger partial charge is 0.413 e. The topological polar surface area (TPSA) is 72.0 Å². The fraction of sp³-hybridized carbons (Fsp3) is 0.400. The summed E-state index contributed by atoms with van der Waals surface area (Å²) in [6, 6.07) is 12.2. The number of rotatable bonds is 7. The van der Waals surface area contributed by atoms with E-state index in [2.05, 4.69) is 54.2 Å². The Morgan fingerprint density at radius 3 is 2.38 bits per heavy atom. The van der Waals surface area contributed by atoms with Gasteiger partial charge in [0.25, 0.3) is 5.91 Å². The van der Waals surface area contributed by atoms with E-state index in [1.165, 1.54) is 17.6 Å². The molecular weight excluding hydrogens is 348 g/mol. The second-order valence-electron chi connectivity index (χ2n) is 6.79. The highest BCUT2D eigenvalue weighted by molar-refractivity contribution is 7.10. The van der Waals surface area contributed by atoms with Gasteiger partial charge in [0.1, 0.15) is 6.04 Å². The molecule has 2 aromatic rings. The summed E-state index contributed by atoms with van der Waals surface area (Å²) in [6.45, 7) is 6.20. The summed E-state index contributed by atoms with van der Waals surface area (Å²) in [5.41, 5.74) is 2.45. The van der Waals surface area contributed by atoms with Crippen LogP contribution in [0.3, 0.4) is 0 Å². The molecule has 2 amide bonds. The van der Waals surface area contributed by atoms with Crippen molar-refractivity contribution in [1.29, 1.82) is 0 Å². The van der Waals surface area contributed by atoms with Gasteiger partial charge in [0.15, 0.2) is 6.04 Å². The maximum atomic E-state index is 12.2. The Labute approximate surface area is 158 Å². The van der Waals surface area contributed by atoms with Crippen LogP contribution in [0.1, 0.15) is 42.8 Å². The lowest BCUT2D eigenvalue weighted by Gasteiger charge is -2.19. The number of nitrogens with two attached hydrogens (primary N) is 1. The lowest BCUT2D eigenvalue weighted by Crippen LogP contribution is -2.92. The number of ether oxygens (including phenoxy) is 1. The Kier molecular flexibility index (Phi) is 7.36. The number of benzene rings is 1. The van der Waals surface area contributed by atoms with E-state index in [-0.39, 0.29) is 11.9 Å². The Morgan fingerprint density at radius 1 is 1.15 bits per heavy atom. The zero-order valence-corrected chi connectivity index (χ0v) is 16.5. The molecule has 2 atom stereocenters. The third-order valence-electron chi connectivity index (χ3n) is 4.14. The van der Waals surface area contributed by atoms with E-state index in [9.17, 15) is 9.59 Å². The number of nitrogens with one attached hydrogen (secondary N) is 1. The fourth-order valence-corrected chi connectivity index (χ4v) is 3.65. The van der Waals surface area contributed by atoms with Crippen LogP contribution in [-0.2, 0) is 16.0 Å². The summed E-state index contributed by atoms with van der Waals surface area (Å²) < 4.78 is 4.49. The molecule has 6 heteroatoms. The molecule has 0 aliphatic carbocycles. The third kappa shape index (κ3) is 5.68. The van der Waals surface area contributed by atoms with Gasteiger partial charge in [-0.3, -0.25) is 10.1 Å². The quantitative estimate of drug-likeness (QED) is 0.782. The Morgan fingerprint density at radius 2 is 1.85 bits per heavy atom. The van der Waals surface area contributed by atoms with Crippen LogP contribution in [0.5, 0.6) is 0 Å². The van der Waals surface area contributed by atoms with Crippen molar-refractivity contribution in [2.24, 2.45) is 5.92 Å². The fourth-order valence-electron chi connectivity index (χ4n) is 2.81. The molecule has 0 bridgehead atoms. The molecular formula is C20H27N2O3S+. The first-order chi connectivity index (χ1) is 12.4. The SMILES string of the molecule is COC(=O)NC(=O)[C@H](C)[NH2+][C@H](c1ccc(CC(C)C)cc1)c1cccs1. The number of methoxy groups -OCH3 is 1. The summed E-state index contributed by atoms with van der Waals surface area (Å²) >= 11 is 1.66. The minimum atomic E-state index is -0.735. The minimum absolute atomic E-state index is 0.00139. The molecule has 3 N–H and O–H groups in total. The molecule has 140 valence electrons. The third-order valence-corrected chi connectivity index (χ3v) is 5.09. The van der Waals surface area contributed by atoms with E-state index in [0.29, 0.717) is 5.92 Å². The summed E-state index contributed by atoms with van der Waals surface area (Å²) in [7, 11) is 1.24. The molecule has 0 fully saturated rings. The van der Waals surface area contributed by atoms with Crippen molar-refractivity contribution in [3.8, 4) is 0 Å². The molecule has 5 nitrogen and oxygen atoms in total. The lowest BCUT2D eigenvalue weighted by atomic mass is 9.98. The van der Waals surface area contributed by atoms with Crippen molar-refractivity contribution >= 4 is 23.3 Å². The van der Waals surface area contributed by atoms with Crippen molar-refractivity contribution in [1.82, 2.24) is 5.32 Å². The summed E-state index contributed by atoms with van der Waals surface area (Å²) in [4.78, 5) is 24.6. The molecule has 0 saturated heterocycles. The summed E-state index contributed by atoms with van der Waals surface area (Å²) in [6.07, 6.45) is 0.312. The van der Waals surface area contributed by atoms with Gasteiger partial charge < -0.3 is 10.1 Å². The van der Waals surface area contributed by atoms with Crippen molar-refractivity contribution in [3.05, 3.63) is 57.8 Å². The van der Waals surface area contributed by atoms with Crippen LogP contribution in [-0.4, -0.2) is 25.2 Å². The highest BCUT2D eigenvalue weighted by Crippen LogP contribution is 2.23. The predicted octanol–water partition coefficient (Wildman–Crippen LogP) is 2.87. The van der Waals surface area contributed by atoms with Crippen molar-refractivity contribution in [2.75, 3.05) is 7.11 Å². The first kappa shape index (κ1) is 20.1. The maximum Gasteiger partial charge on any atom is 0.413 e. The van der Waals surface area contributed by atoms with Crippen molar-refractivity contribution in [3.63, 3.8) is 0 Å². The second-order valence-corrected chi connectivity index (χ2v) is 7.77. The number of quaternary nitrogens is 1. The van der Waals surface area contributed by atoms with E-state index in [1.807, 2.05) is 16.8 Å². The zero-order valence-electron chi connectivity index (χ0n) is 15.7. The molecule has 0 aliphatic heterocycles. The largest absolute Gasteiger partial charge is 0.453 e. The first-order valence-electron chi connectivity index (χ1n) is 8.76. The van der Waals surface area contributed by atoms with Crippen LogP contribution in [0.15, 0.2) is 41.8 Å². The van der Waals surface area contributed by atoms with Crippen molar-refractivity contribution < 1.29 is 19.6 Å². The molecule has 0 aliphatic rings. The molecule has 1 aromatic heterocycles. The van der Waals surface area contributed by atoms with Crippen LogP contribution < -0.4 is 10.6 Å². The van der Waals surface area contributed by atoms with Gasteiger partial charge in [-0.05, 0) is 36.3 Å². The highest BCUT2D eigenvalue weighted by Gasteiger charge is 2.26. The van der Waals surface area contributed by atoms with E-state index < -0.39 is 12.1 Å². The number of amides is 2. The second kappa shape index (κ2) is 9.50. The van der Waals surface area contributed by atoms with E-state index in [4.69, 9.17) is 0 Å². The molecule has 26 heavy (non-hydrogen) atoms. The Balaban J connectivity index is 2.17. The lowest BCUT2D eigenvalue weighted by molar-refractivity contribution is -0.704. The Hall–Kier alpha value is -2.18. The number of thiophene rings is 1. The van der Waals surface area contributed by atoms with E-state index in [1.54, 1.807) is 18.3 Å². The number of carbonyl (C=O) groups excluding carboxylic acids is 2. The van der Waals surface area contributed by atoms with Gasteiger partial charge in [0.05, 0.1) is 12.0 Å². The average molecular weight is 376 g/mol. The van der Waals surface area contributed by atoms with Crippen LogP contribution >= 0.6 is 11.3 Å². The molecule has 0 unspecified atom stereocenters. The maximum absolute atomic E-state index is 12.2. The van der Waals surface area contributed by atoms with Gasteiger partial charge in [-0.1, -0.05) is 44.2 Å². The van der Waals surface area contributed by atoms with Crippen LogP contribution in [0.4, 0.5) is 4.79 Å². The zero-order chi connectivity index (χ0) is 19.1. The number of hydrogen-bond donors (Lipinski definition) is 2. The van der Waals surface area contributed by atoms with Crippen molar-refractivity contribution in [2.45, 2.75) is 39.3 Å². The first-order valence-corrected chi connectivity index (χ1v) is 9.64. The van der Waals surface area contributed by atoms with Gasteiger partial charge in [0.2, 0.25) is 0 Å². The number of carbonyl (C=O) groups is 2. The van der Waals surface area contributed by atoms with E-state index >= 15 is 0 Å². The molecule has 0 spiro atoms. The molecule has 0 radical (unpaired) electrons. The van der Waals surface area contributed by atoms with E-state index in [0.717, 1.165) is 12.0 Å². The normalized spacial score (nSPS) is 13.3. The summed E-state index contributed by atoms with van der Waals surface area (Å²) in [5.74, 6) is 0.248. The Bertz CT molecular complexity index is 711. The monoisotopic (exact) mass is 375 g/mol. The molecule has 2 rings (SSSR count). The molecule has 1 heterocycles. The van der Waals surface area contributed by atoms with Crippen LogP contribution in [0.2, 0.25) is 0 Å². The van der Waals surface area contributed by atoms with Gasteiger partial charge >= 0.3 is 6.09 Å². The van der Waals surface area contributed by atoms with Crippen LogP contribution in [0, 0.1) is 5.92 Å². The molecule has 1 aromatic carbocycles. The average Bonchev–Trinajstić information content (AvgIpc) is 3.14. The number of imide groups is 1. The van der Waals surface area contributed by atoms with Gasteiger partial charge in [-0.15, -0.1) is 11.3 Å². The standard InChI is InChI=1S/C20H26N2O3S/c1-13(2)12-15-7-9-16(10-8-15)18(17-6-5-11-26-17)21-14(3)19(23)22-20(24)25-4/h5-11,13-14,18,21H,12H2,1-4H3,(H,22,23,24)/p+1/t14-,18+/m0/s1. The minimum Gasteiger partial charge on any atom is -0.453 e. The number of hydrogen-bond acceptors (Lipinski definition) is 4. The molecule has 0 saturated carbocycles. The van der Waals surface area contributed by atoms with Gasteiger partial charge in [0, 0.05) is 5.56 Å². The van der Waals surface area contributed by atoms with Gasteiger partial charge in [-0.2, -0.15) is 0 Å².